The zero-order valence-electron chi connectivity index (χ0n) is 20.4. The van der Waals surface area contributed by atoms with Gasteiger partial charge in [-0.05, 0) is 81.0 Å². The van der Waals surface area contributed by atoms with Crippen molar-refractivity contribution >= 4 is 90.2 Å². The summed E-state index contributed by atoms with van der Waals surface area (Å²) in [5, 5.41) is 6.84. The van der Waals surface area contributed by atoms with E-state index in [1.54, 1.807) is 20.8 Å². The summed E-state index contributed by atoms with van der Waals surface area (Å²) < 4.78 is 38.2. The molecular formula is C24H23Cl2N3O6S3. The third-order valence-electron chi connectivity index (χ3n) is 4.85. The van der Waals surface area contributed by atoms with Crippen LogP contribution in [0.4, 0.5) is 16.4 Å². The first kappa shape index (κ1) is 29.7. The zero-order chi connectivity index (χ0) is 28.0. The highest BCUT2D eigenvalue weighted by Gasteiger charge is 2.27. The summed E-state index contributed by atoms with van der Waals surface area (Å²) in [5.74, 6) is -1.16. The zero-order valence-corrected chi connectivity index (χ0v) is 24.3. The van der Waals surface area contributed by atoms with Crippen molar-refractivity contribution in [3.05, 3.63) is 68.5 Å². The second-order valence-corrected chi connectivity index (χ2v) is 11.6. The van der Waals surface area contributed by atoms with E-state index in [-0.39, 0.29) is 49.4 Å². The lowest BCUT2D eigenvalue weighted by Crippen LogP contribution is -2.20. The quantitative estimate of drug-likeness (QED) is 0.187. The normalized spacial score (nSPS) is 11.0. The van der Waals surface area contributed by atoms with Crippen LogP contribution in [0.5, 0.6) is 0 Å². The Kier molecular flexibility index (Phi) is 9.96. The summed E-state index contributed by atoms with van der Waals surface area (Å²) in [6.45, 7) is 5.32. The maximum absolute atomic E-state index is 12.8. The van der Waals surface area contributed by atoms with E-state index in [1.165, 1.54) is 42.5 Å². The van der Waals surface area contributed by atoms with Crippen molar-refractivity contribution in [2.45, 2.75) is 25.7 Å². The molecule has 38 heavy (non-hydrogen) atoms. The van der Waals surface area contributed by atoms with Crippen LogP contribution in [0.25, 0.3) is 0 Å². The maximum atomic E-state index is 12.8. The van der Waals surface area contributed by atoms with Crippen molar-refractivity contribution in [3.8, 4) is 0 Å². The molecule has 3 aromatic rings. The van der Waals surface area contributed by atoms with E-state index < -0.39 is 22.0 Å². The first-order chi connectivity index (χ1) is 17.9. The first-order valence-corrected chi connectivity index (χ1v) is 14.6. The number of ether oxygens (including phenoxy) is 2. The average molecular weight is 617 g/mol. The van der Waals surface area contributed by atoms with Crippen LogP contribution in [0.2, 0.25) is 10.0 Å². The number of esters is 2. The SMILES string of the molecule is CCOC(=O)c1sc(NC(=S)Nc2ccc(S(=O)(=O)Nc3cc(Cl)cc(Cl)c3)cc2)c(C(=O)OCC)c1C. The molecule has 0 aliphatic heterocycles. The van der Waals surface area contributed by atoms with Crippen molar-refractivity contribution in [2.24, 2.45) is 0 Å². The minimum atomic E-state index is -3.91. The molecule has 3 N–H and O–H groups in total. The molecule has 0 unspecified atom stereocenters. The van der Waals surface area contributed by atoms with Crippen LogP contribution < -0.4 is 15.4 Å². The average Bonchev–Trinajstić information content (AvgIpc) is 3.14. The third-order valence-corrected chi connectivity index (χ3v) is 8.08. The number of hydrogen-bond donors (Lipinski definition) is 3. The van der Waals surface area contributed by atoms with Crippen LogP contribution in [0.1, 0.15) is 39.4 Å². The molecule has 14 heteroatoms. The van der Waals surface area contributed by atoms with Crippen LogP contribution in [0.15, 0.2) is 47.4 Å². The van der Waals surface area contributed by atoms with Gasteiger partial charge in [0.05, 0.1) is 29.4 Å². The monoisotopic (exact) mass is 615 g/mol. The van der Waals surface area contributed by atoms with Crippen LogP contribution in [0.3, 0.4) is 0 Å². The molecule has 3 rings (SSSR count). The van der Waals surface area contributed by atoms with Gasteiger partial charge in [0.1, 0.15) is 9.88 Å². The predicted octanol–water partition coefficient (Wildman–Crippen LogP) is 6.33. The number of carbonyl (C=O) groups excluding carboxylic acids is 2. The van der Waals surface area contributed by atoms with Gasteiger partial charge >= 0.3 is 11.9 Å². The number of anilines is 3. The lowest BCUT2D eigenvalue weighted by molar-refractivity contribution is 0.0527. The Balaban J connectivity index is 1.76. The van der Waals surface area contributed by atoms with Gasteiger partial charge in [0, 0.05) is 15.7 Å². The molecule has 202 valence electrons. The van der Waals surface area contributed by atoms with E-state index in [1.807, 2.05) is 0 Å². The fourth-order valence-corrected chi connectivity index (χ4v) is 6.20. The van der Waals surface area contributed by atoms with Gasteiger partial charge in [0.2, 0.25) is 0 Å². The second-order valence-electron chi connectivity index (χ2n) is 7.57. The van der Waals surface area contributed by atoms with Crippen molar-refractivity contribution in [3.63, 3.8) is 0 Å². The van der Waals surface area contributed by atoms with E-state index in [2.05, 4.69) is 15.4 Å². The summed E-state index contributed by atoms with van der Waals surface area (Å²) in [4.78, 5) is 25.2. The largest absolute Gasteiger partial charge is 0.462 e. The van der Waals surface area contributed by atoms with Crippen LogP contribution in [-0.2, 0) is 19.5 Å². The van der Waals surface area contributed by atoms with Crippen LogP contribution in [-0.4, -0.2) is 38.7 Å². The lowest BCUT2D eigenvalue weighted by atomic mass is 10.1. The molecule has 0 aliphatic rings. The molecule has 0 fully saturated rings. The number of sulfonamides is 1. The molecule has 9 nitrogen and oxygen atoms in total. The lowest BCUT2D eigenvalue weighted by Gasteiger charge is -2.12. The molecule has 0 atom stereocenters. The van der Waals surface area contributed by atoms with Gasteiger partial charge in [0.15, 0.2) is 5.11 Å². The molecule has 1 heterocycles. The highest BCUT2D eigenvalue weighted by molar-refractivity contribution is 7.92. The highest BCUT2D eigenvalue weighted by atomic mass is 35.5. The highest BCUT2D eigenvalue weighted by Crippen LogP contribution is 2.34. The Morgan fingerprint density at radius 1 is 0.921 bits per heavy atom. The number of hydrogen-bond acceptors (Lipinski definition) is 8. The molecule has 0 bridgehead atoms. The molecule has 0 saturated carbocycles. The molecule has 0 saturated heterocycles. The molecule has 0 radical (unpaired) electrons. The summed E-state index contributed by atoms with van der Waals surface area (Å²) in [5.41, 5.74) is 1.29. The predicted molar refractivity (Wildman–Crippen MR) is 155 cm³/mol. The van der Waals surface area contributed by atoms with Crippen molar-refractivity contribution < 1.29 is 27.5 Å². The Labute approximate surface area is 239 Å². The smallest absolute Gasteiger partial charge is 0.348 e. The summed E-state index contributed by atoms with van der Waals surface area (Å²) in [7, 11) is -3.91. The number of nitrogens with one attached hydrogen (secondary N) is 3. The van der Waals surface area contributed by atoms with Gasteiger partial charge in [0.25, 0.3) is 10.0 Å². The second kappa shape index (κ2) is 12.8. The Morgan fingerprint density at radius 3 is 2.08 bits per heavy atom. The summed E-state index contributed by atoms with van der Waals surface area (Å²) >= 11 is 18.3. The minimum Gasteiger partial charge on any atom is -0.462 e. The van der Waals surface area contributed by atoms with Gasteiger partial charge in [-0.15, -0.1) is 11.3 Å². The molecule has 2 aromatic carbocycles. The number of thiocarbonyl (C=S) groups is 1. The van der Waals surface area contributed by atoms with Crippen LogP contribution >= 0.6 is 46.8 Å². The van der Waals surface area contributed by atoms with Gasteiger partial charge in [-0.3, -0.25) is 4.72 Å². The van der Waals surface area contributed by atoms with Gasteiger partial charge in [-0.25, -0.2) is 18.0 Å². The topological polar surface area (TPSA) is 123 Å². The molecule has 0 aliphatic carbocycles. The van der Waals surface area contributed by atoms with E-state index in [4.69, 9.17) is 44.9 Å². The fourth-order valence-electron chi connectivity index (χ4n) is 3.25. The number of benzene rings is 2. The minimum absolute atomic E-state index is 0.00409. The Morgan fingerprint density at radius 2 is 1.50 bits per heavy atom. The molecule has 1 aromatic heterocycles. The summed E-state index contributed by atoms with van der Waals surface area (Å²) in [6, 6.07) is 10.2. The van der Waals surface area contributed by atoms with Gasteiger partial charge in [-0.2, -0.15) is 0 Å². The van der Waals surface area contributed by atoms with Crippen molar-refractivity contribution in [1.82, 2.24) is 0 Å². The molecule has 0 amide bonds. The van der Waals surface area contributed by atoms with E-state index >= 15 is 0 Å². The number of carbonyl (C=O) groups is 2. The number of thiophene rings is 1. The number of halogens is 2. The number of rotatable bonds is 9. The Bertz CT molecular complexity index is 1450. The molecular weight excluding hydrogens is 593 g/mol. The van der Waals surface area contributed by atoms with E-state index in [0.717, 1.165) is 11.3 Å². The van der Waals surface area contributed by atoms with E-state index in [0.29, 0.717) is 16.3 Å². The fraction of sp³-hybridized carbons (Fsp3) is 0.208. The van der Waals surface area contributed by atoms with E-state index in [9.17, 15) is 18.0 Å². The first-order valence-electron chi connectivity index (χ1n) is 11.1. The van der Waals surface area contributed by atoms with Gasteiger partial charge in [-0.1, -0.05) is 23.2 Å². The van der Waals surface area contributed by atoms with Crippen LogP contribution in [0, 0.1) is 6.92 Å². The summed E-state index contributed by atoms with van der Waals surface area (Å²) in [6.07, 6.45) is 0. The molecule has 0 spiro atoms. The maximum Gasteiger partial charge on any atom is 0.348 e. The Hall–Kier alpha value is -2.90. The van der Waals surface area contributed by atoms with Crippen molar-refractivity contribution in [1.29, 1.82) is 0 Å². The third kappa shape index (κ3) is 7.35. The standard InChI is InChI=1S/C24H23Cl2N3O6S3/c1-4-34-22(30)19-13(3)20(23(31)35-5-2)37-21(19)28-24(36)27-16-6-8-18(9-7-16)38(32,33)29-17-11-14(25)10-15(26)12-17/h6-12,29H,4-5H2,1-3H3,(H2,27,28,36). The van der Waals surface area contributed by atoms with Gasteiger partial charge < -0.3 is 20.1 Å². The van der Waals surface area contributed by atoms with Crippen molar-refractivity contribution in [2.75, 3.05) is 28.6 Å².